The largest absolute Gasteiger partial charge is 0.317 e. The van der Waals surface area contributed by atoms with Crippen LogP contribution in [0.1, 0.15) is 13.3 Å². The number of hydrogen-bond acceptors (Lipinski definition) is 4. The Morgan fingerprint density at radius 2 is 2.21 bits per heavy atom. The highest BCUT2D eigenvalue weighted by atomic mass is 32.2. The lowest BCUT2D eigenvalue weighted by Gasteiger charge is -2.03. The summed E-state index contributed by atoms with van der Waals surface area (Å²) in [6.45, 7) is 3.34. The second-order valence-corrected chi connectivity index (χ2v) is 5.66. The van der Waals surface area contributed by atoms with E-state index in [1.54, 1.807) is 0 Å². The number of nitrogens with zero attached hydrogens (tertiary/aromatic N) is 2. The number of aryl methyl sites for hydroxylation is 1. The molecular formula is C10H18F2N4O2S. The molecule has 9 heteroatoms. The van der Waals surface area contributed by atoms with Gasteiger partial charge in [-0.25, -0.2) is 21.9 Å². The lowest BCUT2D eigenvalue weighted by atomic mass is 10.4. The predicted octanol–water partition coefficient (Wildman–Crippen LogP) is 0.426. The molecule has 6 nitrogen and oxygen atoms in total. The maximum absolute atomic E-state index is 12.0. The second-order valence-electron chi connectivity index (χ2n) is 3.89. The van der Waals surface area contributed by atoms with Gasteiger partial charge in [0, 0.05) is 12.7 Å². The first-order valence-corrected chi connectivity index (χ1v) is 7.45. The Hall–Kier alpha value is -1.06. The Kier molecular flexibility index (Phi) is 6.32. The van der Waals surface area contributed by atoms with E-state index in [1.165, 1.54) is 10.9 Å². The molecule has 0 bridgehead atoms. The average Bonchev–Trinajstić information content (AvgIpc) is 2.82. The third-order valence-electron chi connectivity index (χ3n) is 2.34. The van der Waals surface area contributed by atoms with E-state index in [-0.39, 0.29) is 4.90 Å². The zero-order valence-corrected chi connectivity index (χ0v) is 11.5. The number of rotatable bonds is 9. The van der Waals surface area contributed by atoms with Crippen LogP contribution in [-0.4, -0.2) is 44.3 Å². The number of alkyl halides is 2. The van der Waals surface area contributed by atoms with Crippen molar-refractivity contribution in [2.24, 2.45) is 0 Å². The molecule has 2 N–H and O–H groups in total. The molecule has 1 aromatic rings. The van der Waals surface area contributed by atoms with Gasteiger partial charge < -0.3 is 5.32 Å². The van der Waals surface area contributed by atoms with Crippen LogP contribution in [-0.2, 0) is 16.6 Å². The summed E-state index contributed by atoms with van der Waals surface area (Å²) in [6.07, 6.45) is 0.574. The summed E-state index contributed by atoms with van der Waals surface area (Å²) in [6, 6.07) is 0. The van der Waals surface area contributed by atoms with Crippen molar-refractivity contribution in [2.45, 2.75) is 31.2 Å². The van der Waals surface area contributed by atoms with Crippen molar-refractivity contribution in [3.63, 3.8) is 0 Å². The zero-order valence-electron chi connectivity index (χ0n) is 10.6. The normalized spacial score (nSPS) is 12.2. The highest BCUT2D eigenvalue weighted by Crippen LogP contribution is 2.07. The van der Waals surface area contributed by atoms with Crippen molar-refractivity contribution in [1.82, 2.24) is 19.8 Å². The lowest BCUT2D eigenvalue weighted by molar-refractivity contribution is 0.153. The van der Waals surface area contributed by atoms with Gasteiger partial charge in [0.1, 0.15) is 4.90 Å². The summed E-state index contributed by atoms with van der Waals surface area (Å²) < 4.78 is 50.5. The monoisotopic (exact) mass is 296 g/mol. The van der Waals surface area contributed by atoms with E-state index < -0.39 is 23.0 Å². The maximum atomic E-state index is 12.0. The van der Waals surface area contributed by atoms with Crippen LogP contribution in [0, 0.1) is 0 Å². The molecule has 1 heterocycles. The third kappa shape index (κ3) is 5.62. The Balaban J connectivity index is 2.53. The van der Waals surface area contributed by atoms with E-state index in [2.05, 4.69) is 10.4 Å². The molecule has 0 aliphatic carbocycles. The summed E-state index contributed by atoms with van der Waals surface area (Å²) in [5.41, 5.74) is 0. The van der Waals surface area contributed by atoms with Crippen molar-refractivity contribution in [3.05, 3.63) is 12.4 Å². The molecule has 0 spiro atoms. The molecule has 1 rings (SSSR count). The first-order chi connectivity index (χ1) is 8.95. The Labute approximate surface area is 111 Å². The van der Waals surface area contributed by atoms with Gasteiger partial charge in [0.25, 0.3) is 6.43 Å². The number of sulfonamides is 1. The van der Waals surface area contributed by atoms with E-state index in [1.807, 2.05) is 11.6 Å². The van der Waals surface area contributed by atoms with Gasteiger partial charge in [-0.15, -0.1) is 0 Å². The van der Waals surface area contributed by atoms with E-state index >= 15 is 0 Å². The summed E-state index contributed by atoms with van der Waals surface area (Å²) in [7, 11) is -3.90. The van der Waals surface area contributed by atoms with Gasteiger partial charge in [-0.3, -0.25) is 4.68 Å². The number of nitrogens with one attached hydrogen (secondary N) is 2. The Morgan fingerprint density at radius 1 is 1.47 bits per heavy atom. The van der Waals surface area contributed by atoms with Gasteiger partial charge in [-0.1, -0.05) is 6.92 Å². The van der Waals surface area contributed by atoms with Crippen LogP contribution in [0.15, 0.2) is 17.3 Å². The molecule has 0 aromatic carbocycles. The van der Waals surface area contributed by atoms with Crippen LogP contribution in [0.5, 0.6) is 0 Å². The molecular weight excluding hydrogens is 278 g/mol. The topological polar surface area (TPSA) is 76.0 Å². The summed E-state index contributed by atoms with van der Waals surface area (Å²) in [5, 5.41) is 7.02. The van der Waals surface area contributed by atoms with E-state index in [4.69, 9.17) is 0 Å². The Bertz CT molecular complexity index is 476. The molecule has 1 aromatic heterocycles. The minimum Gasteiger partial charge on any atom is -0.317 e. The number of halogens is 2. The van der Waals surface area contributed by atoms with Gasteiger partial charge in [0.05, 0.1) is 12.7 Å². The van der Waals surface area contributed by atoms with Gasteiger partial charge in [-0.05, 0) is 19.5 Å². The fourth-order valence-corrected chi connectivity index (χ4v) is 2.36. The molecule has 0 fully saturated rings. The van der Waals surface area contributed by atoms with Crippen molar-refractivity contribution in [3.8, 4) is 0 Å². The fourth-order valence-electron chi connectivity index (χ4n) is 1.40. The molecule has 19 heavy (non-hydrogen) atoms. The molecule has 0 saturated heterocycles. The van der Waals surface area contributed by atoms with Gasteiger partial charge in [0.15, 0.2) is 0 Å². The molecule has 0 radical (unpaired) electrons. The first-order valence-electron chi connectivity index (χ1n) is 5.96. The Morgan fingerprint density at radius 3 is 2.84 bits per heavy atom. The van der Waals surface area contributed by atoms with Crippen LogP contribution in [0.2, 0.25) is 0 Å². The molecule has 0 amide bonds. The summed E-state index contributed by atoms with van der Waals surface area (Å²) >= 11 is 0. The maximum Gasteiger partial charge on any atom is 0.251 e. The third-order valence-corrected chi connectivity index (χ3v) is 3.72. The van der Waals surface area contributed by atoms with Gasteiger partial charge in [0.2, 0.25) is 10.0 Å². The van der Waals surface area contributed by atoms with Crippen molar-refractivity contribution < 1.29 is 17.2 Å². The molecule has 0 unspecified atom stereocenters. The van der Waals surface area contributed by atoms with Gasteiger partial charge >= 0.3 is 0 Å². The van der Waals surface area contributed by atoms with Crippen molar-refractivity contribution >= 4 is 10.0 Å². The smallest absolute Gasteiger partial charge is 0.251 e. The quantitative estimate of drug-likeness (QED) is 0.648. The minimum atomic E-state index is -3.90. The fraction of sp³-hybridized carbons (Fsp3) is 0.700. The van der Waals surface area contributed by atoms with Crippen molar-refractivity contribution in [1.29, 1.82) is 0 Å². The molecule has 110 valence electrons. The SMILES string of the molecule is CCNCCCn1cc(S(=O)(=O)NCC(F)F)cn1. The number of hydrogen-bond donors (Lipinski definition) is 2. The molecule has 0 aliphatic heterocycles. The summed E-state index contributed by atoms with van der Waals surface area (Å²) in [5.74, 6) is 0. The average molecular weight is 296 g/mol. The van der Waals surface area contributed by atoms with Crippen LogP contribution < -0.4 is 10.0 Å². The van der Waals surface area contributed by atoms with Crippen LogP contribution in [0.3, 0.4) is 0 Å². The van der Waals surface area contributed by atoms with Crippen LogP contribution in [0.25, 0.3) is 0 Å². The van der Waals surface area contributed by atoms with Gasteiger partial charge in [-0.2, -0.15) is 5.10 Å². The summed E-state index contributed by atoms with van der Waals surface area (Å²) in [4.78, 5) is -0.100. The zero-order chi connectivity index (χ0) is 14.3. The van der Waals surface area contributed by atoms with Crippen LogP contribution >= 0.6 is 0 Å². The predicted molar refractivity (Wildman–Crippen MR) is 66.6 cm³/mol. The molecule has 0 atom stereocenters. The molecule has 0 saturated carbocycles. The second kappa shape index (κ2) is 7.51. The highest BCUT2D eigenvalue weighted by Gasteiger charge is 2.18. The van der Waals surface area contributed by atoms with E-state index in [0.29, 0.717) is 6.54 Å². The highest BCUT2D eigenvalue weighted by molar-refractivity contribution is 7.89. The first kappa shape index (κ1) is 16.0. The lowest BCUT2D eigenvalue weighted by Crippen LogP contribution is -2.28. The van der Waals surface area contributed by atoms with E-state index in [0.717, 1.165) is 25.7 Å². The van der Waals surface area contributed by atoms with Crippen LogP contribution in [0.4, 0.5) is 8.78 Å². The molecule has 0 aliphatic rings. The minimum absolute atomic E-state index is 0.100. The van der Waals surface area contributed by atoms with Crippen molar-refractivity contribution in [2.75, 3.05) is 19.6 Å². The standard InChI is InChI=1S/C10H18F2N4O2S/c1-2-13-4-3-5-16-8-9(6-14-16)19(17,18)15-7-10(11)12/h6,8,10,13,15H,2-5,7H2,1H3. The number of aromatic nitrogens is 2. The van der Waals surface area contributed by atoms with E-state index in [9.17, 15) is 17.2 Å².